The molecule has 1 aliphatic carbocycles. The highest BCUT2D eigenvalue weighted by Crippen LogP contribution is 2.39. The smallest absolute Gasteiger partial charge is 0.164 e. The third kappa shape index (κ3) is 3.09. The molecule has 1 fully saturated rings. The zero-order valence-corrected chi connectivity index (χ0v) is 13.8. The number of aromatic nitrogens is 6. The summed E-state index contributed by atoms with van der Waals surface area (Å²) in [4.78, 5) is 16.7. The van der Waals surface area contributed by atoms with Crippen molar-refractivity contribution in [1.82, 2.24) is 29.7 Å². The molecular formula is C15H11Cl2FN6. The van der Waals surface area contributed by atoms with Crippen LogP contribution in [0.2, 0.25) is 10.2 Å². The van der Waals surface area contributed by atoms with Crippen LogP contribution in [0.4, 0.5) is 4.39 Å². The number of nitrogens with zero attached hydrogens (tertiary/aromatic N) is 6. The minimum absolute atomic E-state index is 0.173. The molecule has 0 unspecified atom stereocenters. The maximum atomic E-state index is 13.8. The van der Waals surface area contributed by atoms with Crippen LogP contribution >= 0.6 is 23.2 Å². The van der Waals surface area contributed by atoms with Gasteiger partial charge >= 0.3 is 0 Å². The van der Waals surface area contributed by atoms with E-state index in [4.69, 9.17) is 23.2 Å². The minimum atomic E-state index is -0.598. The van der Waals surface area contributed by atoms with Crippen LogP contribution in [0.25, 0.3) is 11.4 Å². The standard InChI is InChI=1S/C15H11Cl2FN6/c16-10-5-19-12(20-6-10)7-24-15(22-14(23-24)8-1-2-8)9-3-11(18)13(17)21-4-9/h3-6,8H,1-2,7H2. The van der Waals surface area contributed by atoms with Gasteiger partial charge in [-0.15, -0.1) is 0 Å². The van der Waals surface area contributed by atoms with E-state index in [0.29, 0.717) is 34.7 Å². The van der Waals surface area contributed by atoms with Gasteiger partial charge in [0.15, 0.2) is 22.6 Å². The van der Waals surface area contributed by atoms with Crippen molar-refractivity contribution in [3.05, 3.63) is 52.3 Å². The zero-order chi connectivity index (χ0) is 16.7. The lowest BCUT2D eigenvalue weighted by atomic mass is 10.2. The fourth-order valence-electron chi connectivity index (χ4n) is 2.30. The Labute approximate surface area is 146 Å². The molecule has 4 rings (SSSR count). The Kier molecular flexibility index (Phi) is 3.90. The lowest BCUT2D eigenvalue weighted by Crippen LogP contribution is -2.08. The van der Waals surface area contributed by atoms with E-state index in [9.17, 15) is 4.39 Å². The highest BCUT2D eigenvalue weighted by Gasteiger charge is 2.29. The molecular weight excluding hydrogens is 354 g/mol. The maximum Gasteiger partial charge on any atom is 0.164 e. The third-order valence-electron chi connectivity index (χ3n) is 3.65. The molecule has 6 nitrogen and oxygen atoms in total. The van der Waals surface area contributed by atoms with E-state index in [1.807, 2.05) is 0 Å². The molecule has 9 heteroatoms. The van der Waals surface area contributed by atoms with Crippen LogP contribution in [0.1, 0.15) is 30.4 Å². The molecule has 3 aromatic heterocycles. The van der Waals surface area contributed by atoms with Gasteiger partial charge in [0.2, 0.25) is 0 Å². The number of hydrogen-bond donors (Lipinski definition) is 0. The van der Waals surface area contributed by atoms with Gasteiger partial charge in [0.05, 0.1) is 5.02 Å². The van der Waals surface area contributed by atoms with Crippen molar-refractivity contribution in [2.75, 3.05) is 0 Å². The molecule has 24 heavy (non-hydrogen) atoms. The highest BCUT2D eigenvalue weighted by molar-refractivity contribution is 6.30. The maximum absolute atomic E-state index is 13.8. The van der Waals surface area contributed by atoms with E-state index in [1.54, 1.807) is 4.68 Å². The van der Waals surface area contributed by atoms with Gasteiger partial charge in [0.1, 0.15) is 12.4 Å². The molecule has 0 amide bonds. The molecule has 0 radical (unpaired) electrons. The topological polar surface area (TPSA) is 69.4 Å². The van der Waals surface area contributed by atoms with Crippen LogP contribution in [0, 0.1) is 5.82 Å². The van der Waals surface area contributed by atoms with Crippen molar-refractivity contribution < 1.29 is 4.39 Å². The van der Waals surface area contributed by atoms with Gasteiger partial charge in [-0.25, -0.2) is 29.0 Å². The Morgan fingerprint density at radius 1 is 1.12 bits per heavy atom. The summed E-state index contributed by atoms with van der Waals surface area (Å²) < 4.78 is 15.4. The van der Waals surface area contributed by atoms with Gasteiger partial charge in [0, 0.05) is 30.1 Å². The van der Waals surface area contributed by atoms with Crippen molar-refractivity contribution in [1.29, 1.82) is 0 Å². The Bertz CT molecular complexity index is 891. The lowest BCUT2D eigenvalue weighted by molar-refractivity contribution is 0.620. The number of pyridine rings is 1. The summed E-state index contributed by atoms with van der Waals surface area (Å²) in [5.41, 5.74) is 0.505. The van der Waals surface area contributed by atoms with Crippen LogP contribution in [0.5, 0.6) is 0 Å². The fourth-order valence-corrected chi connectivity index (χ4v) is 2.50. The van der Waals surface area contributed by atoms with Crippen molar-refractivity contribution in [2.24, 2.45) is 0 Å². The molecule has 0 N–H and O–H groups in total. The molecule has 0 aliphatic heterocycles. The summed E-state index contributed by atoms with van der Waals surface area (Å²) in [6.45, 7) is 0.302. The third-order valence-corrected chi connectivity index (χ3v) is 4.12. The quantitative estimate of drug-likeness (QED) is 0.662. The molecule has 1 aliphatic rings. The van der Waals surface area contributed by atoms with Crippen LogP contribution in [-0.2, 0) is 6.54 Å². The molecule has 3 heterocycles. The highest BCUT2D eigenvalue weighted by atomic mass is 35.5. The van der Waals surface area contributed by atoms with Crippen molar-refractivity contribution in [3.8, 4) is 11.4 Å². The van der Waals surface area contributed by atoms with E-state index in [2.05, 4.69) is 25.0 Å². The first-order chi connectivity index (χ1) is 11.6. The van der Waals surface area contributed by atoms with Gasteiger partial charge in [-0.1, -0.05) is 23.2 Å². The fraction of sp³-hybridized carbons (Fsp3) is 0.267. The Morgan fingerprint density at radius 2 is 1.88 bits per heavy atom. The Morgan fingerprint density at radius 3 is 2.54 bits per heavy atom. The second-order valence-corrected chi connectivity index (χ2v) is 6.33. The Balaban J connectivity index is 1.74. The van der Waals surface area contributed by atoms with E-state index < -0.39 is 5.82 Å². The SMILES string of the molecule is Fc1cc(-c2nc(C3CC3)nn2Cc2ncc(Cl)cn2)cnc1Cl. The largest absolute Gasteiger partial charge is 0.241 e. The normalized spacial score (nSPS) is 14.1. The van der Waals surface area contributed by atoms with Gasteiger partial charge in [-0.2, -0.15) is 5.10 Å². The number of rotatable bonds is 4. The molecule has 122 valence electrons. The summed E-state index contributed by atoms with van der Waals surface area (Å²) in [6.07, 6.45) is 6.64. The summed E-state index contributed by atoms with van der Waals surface area (Å²) in [7, 11) is 0. The van der Waals surface area contributed by atoms with Crippen LogP contribution in [0.3, 0.4) is 0 Å². The minimum Gasteiger partial charge on any atom is -0.241 e. The summed E-state index contributed by atoms with van der Waals surface area (Å²) in [5, 5.41) is 4.81. The summed E-state index contributed by atoms with van der Waals surface area (Å²) in [6, 6.07) is 1.30. The molecule has 0 saturated heterocycles. The van der Waals surface area contributed by atoms with E-state index >= 15 is 0 Å². The first kappa shape index (κ1) is 15.4. The van der Waals surface area contributed by atoms with Crippen molar-refractivity contribution in [3.63, 3.8) is 0 Å². The average Bonchev–Trinajstić information content (AvgIpc) is 3.34. The molecule has 0 atom stereocenters. The first-order valence-corrected chi connectivity index (χ1v) is 8.08. The van der Waals surface area contributed by atoms with Gasteiger partial charge in [0.25, 0.3) is 0 Å². The van der Waals surface area contributed by atoms with Crippen LogP contribution in [-0.4, -0.2) is 29.7 Å². The van der Waals surface area contributed by atoms with Gasteiger partial charge in [-0.05, 0) is 18.9 Å². The molecule has 0 spiro atoms. The number of halogens is 3. The summed E-state index contributed by atoms with van der Waals surface area (Å²) >= 11 is 11.5. The predicted molar refractivity (Wildman–Crippen MR) is 86.3 cm³/mol. The van der Waals surface area contributed by atoms with E-state index in [0.717, 1.165) is 18.7 Å². The van der Waals surface area contributed by atoms with Gasteiger partial charge in [-0.3, -0.25) is 0 Å². The first-order valence-electron chi connectivity index (χ1n) is 7.33. The second kappa shape index (κ2) is 6.07. The molecule has 3 aromatic rings. The molecule has 0 bridgehead atoms. The Hall–Kier alpha value is -2.12. The van der Waals surface area contributed by atoms with Crippen LogP contribution < -0.4 is 0 Å². The zero-order valence-electron chi connectivity index (χ0n) is 12.3. The predicted octanol–water partition coefficient (Wildman–Crippen LogP) is 3.50. The molecule has 1 saturated carbocycles. The van der Waals surface area contributed by atoms with E-state index in [-0.39, 0.29) is 5.15 Å². The number of hydrogen-bond acceptors (Lipinski definition) is 5. The van der Waals surface area contributed by atoms with Crippen molar-refractivity contribution >= 4 is 23.2 Å². The molecule has 0 aromatic carbocycles. The summed E-state index contributed by atoms with van der Waals surface area (Å²) in [5.74, 6) is 1.56. The van der Waals surface area contributed by atoms with Crippen molar-refractivity contribution in [2.45, 2.75) is 25.3 Å². The second-order valence-electron chi connectivity index (χ2n) is 5.54. The lowest BCUT2D eigenvalue weighted by Gasteiger charge is -2.05. The van der Waals surface area contributed by atoms with Crippen LogP contribution in [0.15, 0.2) is 24.7 Å². The monoisotopic (exact) mass is 364 g/mol. The van der Waals surface area contributed by atoms with E-state index in [1.165, 1.54) is 24.7 Å². The van der Waals surface area contributed by atoms with Gasteiger partial charge < -0.3 is 0 Å². The average molecular weight is 365 g/mol.